The van der Waals surface area contributed by atoms with Gasteiger partial charge in [0, 0.05) is 30.1 Å². The maximum absolute atomic E-state index is 13.6. The van der Waals surface area contributed by atoms with Gasteiger partial charge in [-0.05, 0) is 47.9 Å². The van der Waals surface area contributed by atoms with Gasteiger partial charge in [0.2, 0.25) is 17.7 Å². The molecule has 2 aliphatic rings. The molecule has 1 aromatic heterocycles. The molecule has 0 radical (unpaired) electrons. The Morgan fingerprint density at radius 2 is 2.07 bits per heavy atom. The van der Waals surface area contributed by atoms with Crippen molar-refractivity contribution in [1.82, 2.24) is 15.2 Å². The summed E-state index contributed by atoms with van der Waals surface area (Å²) in [4.78, 5) is 42.3. The van der Waals surface area contributed by atoms with E-state index < -0.39 is 17.6 Å². The lowest BCUT2D eigenvalue weighted by Crippen LogP contribution is -2.39. The van der Waals surface area contributed by atoms with Gasteiger partial charge in [-0.3, -0.25) is 19.7 Å². The minimum absolute atomic E-state index is 0.218. The molecule has 1 N–H and O–H groups in total. The zero-order valence-corrected chi connectivity index (χ0v) is 16.3. The third-order valence-electron chi connectivity index (χ3n) is 5.44. The van der Waals surface area contributed by atoms with Gasteiger partial charge in [-0.25, -0.2) is 9.37 Å². The zero-order valence-electron chi connectivity index (χ0n) is 15.6. The first-order chi connectivity index (χ1) is 14.4. The van der Waals surface area contributed by atoms with Crippen LogP contribution in [-0.4, -0.2) is 27.6 Å². The number of amides is 3. The maximum Gasteiger partial charge on any atom is 0.254 e. The molecule has 3 heterocycles. The lowest BCUT2D eigenvalue weighted by atomic mass is 9.98. The Balaban J connectivity index is 1.40. The van der Waals surface area contributed by atoms with Crippen molar-refractivity contribution in [1.29, 1.82) is 0 Å². The van der Waals surface area contributed by atoms with E-state index in [-0.39, 0.29) is 30.7 Å². The molecule has 152 valence electrons. The number of nitrogens with zero attached hydrogens (tertiary/aromatic N) is 2. The molecule has 2 aliphatic heterocycles. The van der Waals surface area contributed by atoms with Crippen LogP contribution in [0.4, 0.5) is 4.39 Å². The van der Waals surface area contributed by atoms with Crippen molar-refractivity contribution in [2.75, 3.05) is 0 Å². The summed E-state index contributed by atoms with van der Waals surface area (Å²) >= 11 is 6.11. The van der Waals surface area contributed by atoms with E-state index in [1.807, 2.05) is 0 Å². The molecule has 1 saturated heterocycles. The first-order valence-corrected chi connectivity index (χ1v) is 9.77. The zero-order chi connectivity index (χ0) is 21.0. The molecule has 1 unspecified atom stereocenters. The van der Waals surface area contributed by atoms with E-state index >= 15 is 0 Å². The fourth-order valence-corrected chi connectivity index (χ4v) is 4.19. The smallest absolute Gasteiger partial charge is 0.254 e. The van der Waals surface area contributed by atoms with Gasteiger partial charge in [-0.2, -0.15) is 0 Å². The monoisotopic (exact) mass is 427 g/mol. The fraction of sp³-hybridized carbons (Fsp3) is 0.238. The predicted molar refractivity (Wildman–Crippen MR) is 104 cm³/mol. The first kappa shape index (κ1) is 18.7. The number of oxazole rings is 1. The highest BCUT2D eigenvalue weighted by atomic mass is 35.5. The Hall–Kier alpha value is -3.26. The van der Waals surface area contributed by atoms with Crippen LogP contribution in [0.3, 0.4) is 0 Å². The summed E-state index contributed by atoms with van der Waals surface area (Å²) in [5.41, 5.74) is 2.71. The highest BCUT2D eigenvalue weighted by Crippen LogP contribution is 2.32. The summed E-state index contributed by atoms with van der Waals surface area (Å²) in [5, 5.41) is 2.59. The minimum atomic E-state index is -0.639. The standard InChI is InChI=1S/C21H15ClFN3O4/c22-15-7-12(23)5-11-8-26(9-14(11)15)21(29)10-1-3-16-17(6-10)30-20(24-16)13-2-4-18(27)25-19(13)28/h1,3,5-7,13H,2,4,8-9H2,(H,25,27,28). The van der Waals surface area contributed by atoms with Crippen LogP contribution in [-0.2, 0) is 22.7 Å². The number of halogens is 2. The Kier molecular flexibility index (Phi) is 4.32. The number of benzene rings is 2. The van der Waals surface area contributed by atoms with Crippen LogP contribution >= 0.6 is 11.6 Å². The second-order valence-electron chi connectivity index (χ2n) is 7.42. The van der Waals surface area contributed by atoms with Gasteiger partial charge in [0.15, 0.2) is 5.58 Å². The Morgan fingerprint density at radius 1 is 1.23 bits per heavy atom. The number of imide groups is 1. The van der Waals surface area contributed by atoms with Crippen LogP contribution in [0.2, 0.25) is 5.02 Å². The molecular weight excluding hydrogens is 413 g/mol. The predicted octanol–water partition coefficient (Wildman–Crippen LogP) is 3.30. The van der Waals surface area contributed by atoms with Crippen molar-refractivity contribution < 1.29 is 23.2 Å². The Labute approximate surface area is 174 Å². The van der Waals surface area contributed by atoms with E-state index in [2.05, 4.69) is 10.3 Å². The number of aromatic nitrogens is 1. The van der Waals surface area contributed by atoms with Gasteiger partial charge in [-0.15, -0.1) is 0 Å². The molecule has 2 aromatic carbocycles. The van der Waals surface area contributed by atoms with Crippen molar-refractivity contribution in [3.8, 4) is 0 Å². The average molecular weight is 428 g/mol. The van der Waals surface area contributed by atoms with Crippen molar-refractivity contribution in [3.63, 3.8) is 0 Å². The van der Waals surface area contributed by atoms with E-state index in [0.717, 1.165) is 5.56 Å². The summed E-state index contributed by atoms with van der Waals surface area (Å²) in [7, 11) is 0. The fourth-order valence-electron chi connectivity index (χ4n) is 3.91. The number of hydrogen-bond donors (Lipinski definition) is 1. The van der Waals surface area contributed by atoms with Crippen LogP contribution in [0.1, 0.15) is 46.1 Å². The molecule has 1 fully saturated rings. The number of carbonyl (C=O) groups is 3. The summed E-state index contributed by atoms with van der Waals surface area (Å²) in [6.07, 6.45) is 0.546. The van der Waals surface area contributed by atoms with Crippen LogP contribution in [0.25, 0.3) is 11.1 Å². The molecule has 3 aromatic rings. The van der Waals surface area contributed by atoms with Crippen molar-refractivity contribution in [2.45, 2.75) is 31.8 Å². The van der Waals surface area contributed by atoms with Gasteiger partial charge >= 0.3 is 0 Å². The van der Waals surface area contributed by atoms with Crippen LogP contribution in [0.5, 0.6) is 0 Å². The van der Waals surface area contributed by atoms with Crippen LogP contribution < -0.4 is 5.32 Å². The molecule has 30 heavy (non-hydrogen) atoms. The Morgan fingerprint density at radius 3 is 2.87 bits per heavy atom. The minimum Gasteiger partial charge on any atom is -0.440 e. The van der Waals surface area contributed by atoms with Crippen molar-refractivity contribution >= 4 is 40.4 Å². The molecule has 1 atom stereocenters. The summed E-state index contributed by atoms with van der Waals surface area (Å²) in [5.74, 6) is -1.85. The lowest BCUT2D eigenvalue weighted by molar-refractivity contribution is -0.134. The number of rotatable bonds is 2. The third kappa shape index (κ3) is 3.13. The molecular formula is C21H15ClFN3O4. The molecule has 0 bridgehead atoms. The van der Waals surface area contributed by atoms with Gasteiger partial charge in [0.25, 0.3) is 5.91 Å². The Bertz CT molecular complexity index is 1240. The number of carbonyl (C=O) groups excluding carboxylic acids is 3. The SMILES string of the molecule is O=C1CCC(c2nc3ccc(C(=O)N4Cc5cc(F)cc(Cl)c5C4)cc3o2)C(=O)N1. The summed E-state index contributed by atoms with van der Waals surface area (Å²) < 4.78 is 19.3. The number of hydrogen-bond acceptors (Lipinski definition) is 5. The van der Waals surface area contributed by atoms with E-state index in [0.29, 0.717) is 40.2 Å². The molecule has 0 saturated carbocycles. The normalized spacial score (nSPS) is 18.6. The molecule has 0 aliphatic carbocycles. The maximum atomic E-state index is 13.6. The summed E-state index contributed by atoms with van der Waals surface area (Å²) in [6.45, 7) is 0.560. The van der Waals surface area contributed by atoms with E-state index in [1.165, 1.54) is 12.1 Å². The van der Waals surface area contributed by atoms with Crippen LogP contribution in [0, 0.1) is 5.82 Å². The van der Waals surface area contributed by atoms with Gasteiger partial charge in [0.05, 0.1) is 0 Å². The third-order valence-corrected chi connectivity index (χ3v) is 5.78. The summed E-state index contributed by atoms with van der Waals surface area (Å²) in [6, 6.07) is 7.49. The molecule has 0 spiro atoms. The highest BCUT2D eigenvalue weighted by molar-refractivity contribution is 6.31. The van der Waals surface area contributed by atoms with E-state index in [9.17, 15) is 18.8 Å². The first-order valence-electron chi connectivity index (χ1n) is 9.39. The lowest BCUT2D eigenvalue weighted by Gasteiger charge is -2.17. The topological polar surface area (TPSA) is 92.5 Å². The van der Waals surface area contributed by atoms with Gasteiger partial charge < -0.3 is 9.32 Å². The second-order valence-corrected chi connectivity index (χ2v) is 7.83. The largest absolute Gasteiger partial charge is 0.440 e. The number of nitrogens with one attached hydrogen (secondary N) is 1. The molecule has 7 nitrogen and oxygen atoms in total. The van der Waals surface area contributed by atoms with Crippen molar-refractivity contribution in [3.05, 3.63) is 63.8 Å². The molecule has 5 rings (SSSR count). The van der Waals surface area contributed by atoms with Gasteiger partial charge in [-0.1, -0.05) is 11.6 Å². The molecule has 9 heteroatoms. The average Bonchev–Trinajstić information content (AvgIpc) is 3.30. The molecule has 3 amide bonds. The quantitative estimate of drug-likeness (QED) is 0.633. The van der Waals surface area contributed by atoms with E-state index in [1.54, 1.807) is 23.1 Å². The highest BCUT2D eigenvalue weighted by Gasteiger charge is 2.32. The van der Waals surface area contributed by atoms with Gasteiger partial charge in [0.1, 0.15) is 17.3 Å². The van der Waals surface area contributed by atoms with Crippen LogP contribution in [0.15, 0.2) is 34.7 Å². The van der Waals surface area contributed by atoms with E-state index in [4.69, 9.17) is 16.0 Å². The second kappa shape index (κ2) is 6.91. The van der Waals surface area contributed by atoms with Crippen molar-refractivity contribution in [2.24, 2.45) is 0 Å². The number of piperidine rings is 1. The number of fused-ring (bicyclic) bond motifs is 2.